The topological polar surface area (TPSA) is 90.1 Å². The largest absolute Gasteiger partial charge is 0.342 e. The lowest BCUT2D eigenvalue weighted by atomic mass is 10.0. The van der Waals surface area contributed by atoms with Gasteiger partial charge >= 0.3 is 0 Å². The highest BCUT2D eigenvalue weighted by molar-refractivity contribution is 5.94. The minimum absolute atomic E-state index is 0.154. The van der Waals surface area contributed by atoms with Gasteiger partial charge in [-0.15, -0.1) is 0 Å². The van der Waals surface area contributed by atoms with Crippen molar-refractivity contribution in [1.82, 2.24) is 25.7 Å². The first-order valence-electron chi connectivity index (χ1n) is 9.13. The number of likely N-dealkylation sites (tertiary alicyclic amines) is 1. The molecule has 136 valence electrons. The lowest BCUT2D eigenvalue weighted by Gasteiger charge is -2.25. The van der Waals surface area contributed by atoms with E-state index in [1.807, 2.05) is 35.2 Å². The summed E-state index contributed by atoms with van der Waals surface area (Å²) in [6.45, 7) is 2.77. The zero-order chi connectivity index (χ0) is 17.9. The molecule has 26 heavy (non-hydrogen) atoms. The van der Waals surface area contributed by atoms with Gasteiger partial charge in [0, 0.05) is 50.3 Å². The molecule has 1 fully saturated rings. The summed E-state index contributed by atoms with van der Waals surface area (Å²) in [7, 11) is 0. The number of hydrogen-bond donors (Lipinski definition) is 3. The number of fused-ring (bicyclic) bond motifs is 1. The third kappa shape index (κ3) is 3.35. The SMILES string of the molecule is O=C(NC(CN1CCCC1=O)c1ccccc1)c1n[nH]c2c1CNCC2. The fourth-order valence-electron chi connectivity index (χ4n) is 3.68. The van der Waals surface area contributed by atoms with E-state index < -0.39 is 0 Å². The molecule has 1 saturated heterocycles. The van der Waals surface area contributed by atoms with Crippen LogP contribution in [0.1, 0.15) is 46.2 Å². The van der Waals surface area contributed by atoms with Crippen LogP contribution in [0.15, 0.2) is 30.3 Å². The van der Waals surface area contributed by atoms with Crippen LogP contribution in [-0.4, -0.2) is 46.5 Å². The fourth-order valence-corrected chi connectivity index (χ4v) is 3.68. The second kappa shape index (κ2) is 7.29. The number of H-pyrrole nitrogens is 1. The number of amides is 2. The van der Waals surface area contributed by atoms with Gasteiger partial charge < -0.3 is 15.5 Å². The Morgan fingerprint density at radius 2 is 2.12 bits per heavy atom. The number of rotatable bonds is 5. The lowest BCUT2D eigenvalue weighted by molar-refractivity contribution is -0.128. The Hall–Kier alpha value is -2.67. The van der Waals surface area contributed by atoms with Crippen molar-refractivity contribution in [3.63, 3.8) is 0 Å². The quantitative estimate of drug-likeness (QED) is 0.752. The van der Waals surface area contributed by atoms with Crippen molar-refractivity contribution >= 4 is 11.8 Å². The van der Waals surface area contributed by atoms with Gasteiger partial charge in [0.1, 0.15) is 0 Å². The van der Waals surface area contributed by atoms with Crippen LogP contribution < -0.4 is 10.6 Å². The van der Waals surface area contributed by atoms with E-state index in [0.717, 1.165) is 42.8 Å². The van der Waals surface area contributed by atoms with Crippen molar-refractivity contribution in [2.45, 2.75) is 31.8 Å². The van der Waals surface area contributed by atoms with Gasteiger partial charge in [0.15, 0.2) is 5.69 Å². The maximum Gasteiger partial charge on any atom is 0.272 e. The Bertz CT molecular complexity index is 802. The standard InChI is InChI=1S/C19H23N5O2/c25-17-7-4-10-24(17)12-16(13-5-2-1-3-6-13)21-19(26)18-14-11-20-9-8-15(14)22-23-18/h1-3,5-6,16,20H,4,7-12H2,(H,21,26)(H,22,23). The van der Waals surface area contributed by atoms with Gasteiger partial charge in [-0.25, -0.2) is 0 Å². The number of aromatic nitrogens is 2. The minimum atomic E-state index is -0.255. The maximum absolute atomic E-state index is 12.9. The van der Waals surface area contributed by atoms with Crippen molar-refractivity contribution < 1.29 is 9.59 Å². The second-order valence-corrected chi connectivity index (χ2v) is 6.84. The Balaban J connectivity index is 1.55. The van der Waals surface area contributed by atoms with E-state index in [9.17, 15) is 9.59 Å². The average Bonchev–Trinajstić information content (AvgIpc) is 3.28. The van der Waals surface area contributed by atoms with Crippen LogP contribution in [0.5, 0.6) is 0 Å². The van der Waals surface area contributed by atoms with E-state index in [1.165, 1.54) is 0 Å². The summed E-state index contributed by atoms with van der Waals surface area (Å²) in [5.41, 5.74) is 3.40. The van der Waals surface area contributed by atoms with Gasteiger partial charge in [0.05, 0.1) is 6.04 Å². The minimum Gasteiger partial charge on any atom is -0.342 e. The summed E-state index contributed by atoms with van der Waals surface area (Å²) in [5, 5.41) is 13.6. The fraction of sp³-hybridized carbons (Fsp3) is 0.421. The molecule has 3 N–H and O–H groups in total. The average molecular weight is 353 g/mol. The van der Waals surface area contributed by atoms with Gasteiger partial charge in [-0.05, 0) is 12.0 Å². The second-order valence-electron chi connectivity index (χ2n) is 6.84. The molecule has 7 nitrogen and oxygen atoms in total. The molecule has 0 saturated carbocycles. The Kier molecular flexibility index (Phi) is 4.71. The highest BCUT2D eigenvalue weighted by Crippen LogP contribution is 2.21. The molecule has 2 amide bonds. The van der Waals surface area contributed by atoms with Crippen LogP contribution in [0.4, 0.5) is 0 Å². The molecule has 2 aliphatic heterocycles. The summed E-state index contributed by atoms with van der Waals surface area (Å²) >= 11 is 0. The van der Waals surface area contributed by atoms with Crippen LogP contribution in [0.2, 0.25) is 0 Å². The number of nitrogens with one attached hydrogen (secondary N) is 3. The van der Waals surface area contributed by atoms with Crippen LogP contribution in [0.3, 0.4) is 0 Å². The number of aromatic amines is 1. The van der Waals surface area contributed by atoms with E-state index in [4.69, 9.17) is 0 Å². The smallest absolute Gasteiger partial charge is 0.272 e. The third-order valence-electron chi connectivity index (χ3n) is 5.10. The Morgan fingerprint density at radius 1 is 1.27 bits per heavy atom. The predicted molar refractivity (Wildman–Crippen MR) is 96.5 cm³/mol. The first-order chi connectivity index (χ1) is 12.7. The Labute approximate surface area is 152 Å². The number of benzene rings is 1. The number of nitrogens with zero attached hydrogens (tertiary/aromatic N) is 2. The van der Waals surface area contributed by atoms with Gasteiger partial charge in [0.2, 0.25) is 5.91 Å². The van der Waals surface area contributed by atoms with Crippen LogP contribution in [0.25, 0.3) is 0 Å². The van der Waals surface area contributed by atoms with E-state index in [-0.39, 0.29) is 17.9 Å². The van der Waals surface area contributed by atoms with E-state index >= 15 is 0 Å². The summed E-state index contributed by atoms with van der Waals surface area (Å²) in [4.78, 5) is 26.8. The van der Waals surface area contributed by atoms with Crippen molar-refractivity contribution in [2.24, 2.45) is 0 Å². The summed E-state index contributed by atoms with van der Waals surface area (Å²) < 4.78 is 0. The van der Waals surface area contributed by atoms with Crippen LogP contribution in [0, 0.1) is 0 Å². The highest BCUT2D eigenvalue weighted by Gasteiger charge is 2.28. The number of hydrogen-bond acceptors (Lipinski definition) is 4. The molecule has 0 spiro atoms. The molecular weight excluding hydrogens is 330 g/mol. The molecule has 0 bridgehead atoms. The zero-order valence-electron chi connectivity index (χ0n) is 14.6. The molecule has 1 atom stereocenters. The first-order valence-corrected chi connectivity index (χ1v) is 9.13. The molecule has 1 unspecified atom stereocenters. The predicted octanol–water partition coefficient (Wildman–Crippen LogP) is 1.15. The molecule has 1 aromatic heterocycles. The molecule has 0 radical (unpaired) electrons. The van der Waals surface area contributed by atoms with Crippen molar-refractivity contribution in [2.75, 3.05) is 19.6 Å². The van der Waals surface area contributed by atoms with E-state index in [0.29, 0.717) is 25.2 Å². The molecule has 2 aliphatic rings. The van der Waals surface area contributed by atoms with Crippen molar-refractivity contribution in [3.05, 3.63) is 52.8 Å². The Morgan fingerprint density at radius 3 is 2.88 bits per heavy atom. The summed E-state index contributed by atoms with van der Waals surface area (Å²) in [6, 6.07) is 9.54. The molecular formula is C19H23N5O2. The van der Waals surface area contributed by atoms with Gasteiger partial charge in [-0.2, -0.15) is 5.10 Å². The zero-order valence-corrected chi connectivity index (χ0v) is 14.6. The maximum atomic E-state index is 12.9. The van der Waals surface area contributed by atoms with Gasteiger partial charge in [-0.1, -0.05) is 30.3 Å². The third-order valence-corrected chi connectivity index (χ3v) is 5.10. The monoisotopic (exact) mass is 353 g/mol. The lowest BCUT2D eigenvalue weighted by Crippen LogP contribution is -2.39. The van der Waals surface area contributed by atoms with Crippen LogP contribution in [-0.2, 0) is 17.8 Å². The molecule has 3 heterocycles. The van der Waals surface area contributed by atoms with Gasteiger partial charge in [0.25, 0.3) is 5.91 Å². The summed E-state index contributed by atoms with van der Waals surface area (Å²) in [6.07, 6.45) is 2.32. The van der Waals surface area contributed by atoms with E-state index in [2.05, 4.69) is 20.8 Å². The van der Waals surface area contributed by atoms with Crippen molar-refractivity contribution in [1.29, 1.82) is 0 Å². The number of carbonyl (C=O) groups is 2. The van der Waals surface area contributed by atoms with E-state index in [1.54, 1.807) is 0 Å². The first kappa shape index (κ1) is 16.8. The van der Waals surface area contributed by atoms with Gasteiger partial charge in [-0.3, -0.25) is 14.7 Å². The molecule has 2 aromatic rings. The highest BCUT2D eigenvalue weighted by atomic mass is 16.2. The molecule has 0 aliphatic carbocycles. The molecule has 1 aromatic carbocycles. The molecule has 7 heteroatoms. The summed E-state index contributed by atoms with van der Waals surface area (Å²) in [5.74, 6) is -0.0479. The normalized spacial score (nSPS) is 17.8. The molecule has 4 rings (SSSR count). The van der Waals surface area contributed by atoms with Crippen molar-refractivity contribution in [3.8, 4) is 0 Å². The van der Waals surface area contributed by atoms with Crippen LogP contribution >= 0.6 is 0 Å². The number of carbonyl (C=O) groups excluding carboxylic acids is 2.